The van der Waals surface area contributed by atoms with Crippen molar-refractivity contribution in [2.24, 2.45) is 5.10 Å². The molecule has 9 nitrogen and oxygen atoms in total. The van der Waals surface area contributed by atoms with Crippen LogP contribution in [0.1, 0.15) is 56.2 Å². The highest BCUT2D eigenvalue weighted by Crippen LogP contribution is 2.30. The Bertz CT molecular complexity index is 1280. The lowest BCUT2D eigenvalue weighted by Gasteiger charge is -2.16. The number of hydrazone groups is 1. The zero-order chi connectivity index (χ0) is 24.2. The number of furan rings is 1. The molecule has 0 saturated heterocycles. The molecule has 0 spiro atoms. The van der Waals surface area contributed by atoms with Crippen LogP contribution in [-0.4, -0.2) is 34.4 Å². The maximum absolute atomic E-state index is 13.1. The smallest absolute Gasteiger partial charge is 0.289 e. The van der Waals surface area contributed by atoms with Gasteiger partial charge < -0.3 is 9.32 Å². The summed E-state index contributed by atoms with van der Waals surface area (Å²) in [6.45, 7) is 2.26. The highest BCUT2D eigenvalue weighted by Gasteiger charge is 2.29. The monoisotopic (exact) mass is 460 g/mol. The zero-order valence-electron chi connectivity index (χ0n) is 18.9. The number of carbonyl (C=O) groups excluding carboxylic acids is 2. The Morgan fingerprint density at radius 2 is 1.91 bits per heavy atom. The van der Waals surface area contributed by atoms with Crippen molar-refractivity contribution in [3.05, 3.63) is 98.5 Å². The highest BCUT2D eigenvalue weighted by molar-refractivity contribution is 6.07. The molecule has 1 aliphatic rings. The van der Waals surface area contributed by atoms with Crippen molar-refractivity contribution >= 4 is 23.2 Å². The first kappa shape index (κ1) is 22.9. The number of hydrogen-bond donors (Lipinski definition) is 1. The van der Waals surface area contributed by atoms with E-state index in [0.29, 0.717) is 36.4 Å². The van der Waals surface area contributed by atoms with E-state index in [-0.39, 0.29) is 22.9 Å². The molecule has 174 valence electrons. The standard InChI is InChI=1S/C25H24N4O5/c1-16-22-20(26-27-24(30)18-10-6-11-19(14-18)29(32)33)12-7-13-21(22)34-23(16)25(31)28(2)15-17-8-4-3-5-9-17/h3-6,8-11,14H,7,12-13,15H2,1-2H3,(H,27,30)/b26-20+. The number of amides is 2. The predicted octanol–water partition coefficient (Wildman–Crippen LogP) is 4.24. The summed E-state index contributed by atoms with van der Waals surface area (Å²) in [7, 11) is 1.73. The zero-order valence-corrected chi connectivity index (χ0v) is 18.9. The molecule has 2 amide bonds. The summed E-state index contributed by atoms with van der Waals surface area (Å²) in [6.07, 6.45) is 2.04. The minimum absolute atomic E-state index is 0.136. The molecular weight excluding hydrogens is 436 g/mol. The molecule has 0 saturated carbocycles. The van der Waals surface area contributed by atoms with Crippen LogP contribution in [0.4, 0.5) is 5.69 Å². The van der Waals surface area contributed by atoms with Gasteiger partial charge in [-0.1, -0.05) is 36.4 Å². The van der Waals surface area contributed by atoms with Gasteiger partial charge in [-0.3, -0.25) is 19.7 Å². The average molecular weight is 460 g/mol. The van der Waals surface area contributed by atoms with E-state index < -0.39 is 10.8 Å². The van der Waals surface area contributed by atoms with Crippen molar-refractivity contribution in [2.75, 3.05) is 7.05 Å². The normalized spacial score (nSPS) is 13.9. The molecule has 1 N–H and O–H groups in total. The maximum atomic E-state index is 13.1. The highest BCUT2D eigenvalue weighted by atomic mass is 16.6. The van der Waals surface area contributed by atoms with E-state index in [1.54, 1.807) is 11.9 Å². The first-order chi connectivity index (χ1) is 16.3. The van der Waals surface area contributed by atoms with Crippen molar-refractivity contribution in [3.8, 4) is 0 Å². The number of nitro groups is 1. The van der Waals surface area contributed by atoms with Crippen molar-refractivity contribution in [3.63, 3.8) is 0 Å². The Morgan fingerprint density at radius 3 is 2.65 bits per heavy atom. The Hall–Kier alpha value is -4.27. The summed E-state index contributed by atoms with van der Waals surface area (Å²) < 4.78 is 5.96. The van der Waals surface area contributed by atoms with Gasteiger partial charge in [0.2, 0.25) is 0 Å². The second-order valence-electron chi connectivity index (χ2n) is 8.16. The fourth-order valence-electron chi connectivity index (χ4n) is 4.03. The van der Waals surface area contributed by atoms with Crippen LogP contribution in [0.2, 0.25) is 0 Å². The summed E-state index contributed by atoms with van der Waals surface area (Å²) in [5.74, 6) is 0.158. The van der Waals surface area contributed by atoms with E-state index in [0.717, 1.165) is 17.5 Å². The molecule has 0 aliphatic heterocycles. The molecule has 4 rings (SSSR count). The Kier molecular flexibility index (Phi) is 6.53. The third kappa shape index (κ3) is 4.73. The van der Waals surface area contributed by atoms with Crippen LogP contribution < -0.4 is 5.43 Å². The average Bonchev–Trinajstić information content (AvgIpc) is 3.19. The van der Waals surface area contributed by atoms with E-state index in [1.807, 2.05) is 37.3 Å². The fraction of sp³-hybridized carbons (Fsp3) is 0.240. The van der Waals surface area contributed by atoms with E-state index in [2.05, 4.69) is 10.5 Å². The maximum Gasteiger partial charge on any atom is 0.289 e. The van der Waals surface area contributed by atoms with Gasteiger partial charge in [-0.2, -0.15) is 5.10 Å². The Balaban J connectivity index is 1.54. The molecule has 0 unspecified atom stereocenters. The molecule has 9 heteroatoms. The van der Waals surface area contributed by atoms with Crippen LogP contribution in [0.3, 0.4) is 0 Å². The van der Waals surface area contributed by atoms with E-state index in [1.165, 1.54) is 24.3 Å². The molecule has 0 radical (unpaired) electrons. The third-order valence-electron chi connectivity index (χ3n) is 5.74. The second kappa shape index (κ2) is 9.70. The molecular formula is C25H24N4O5. The summed E-state index contributed by atoms with van der Waals surface area (Å²) in [4.78, 5) is 37.6. The molecule has 0 fully saturated rings. The number of non-ortho nitro benzene ring substituents is 1. The lowest BCUT2D eigenvalue weighted by Crippen LogP contribution is -2.26. The van der Waals surface area contributed by atoms with E-state index >= 15 is 0 Å². The summed E-state index contributed by atoms with van der Waals surface area (Å²) in [5, 5.41) is 15.3. The number of aryl methyl sites for hydroxylation is 1. The van der Waals surface area contributed by atoms with Gasteiger partial charge in [0.1, 0.15) is 5.76 Å². The van der Waals surface area contributed by atoms with Crippen LogP contribution in [0.15, 0.2) is 64.1 Å². The Labute approximate surface area is 196 Å². The first-order valence-corrected chi connectivity index (χ1v) is 10.9. The molecule has 0 bridgehead atoms. The Morgan fingerprint density at radius 1 is 1.15 bits per heavy atom. The van der Waals surface area contributed by atoms with Gasteiger partial charge in [-0.15, -0.1) is 0 Å². The summed E-state index contributed by atoms with van der Waals surface area (Å²) >= 11 is 0. The number of nitrogens with one attached hydrogen (secondary N) is 1. The van der Waals surface area contributed by atoms with E-state index in [4.69, 9.17) is 4.42 Å². The summed E-state index contributed by atoms with van der Waals surface area (Å²) in [6, 6.07) is 15.1. The molecule has 2 aromatic carbocycles. The van der Waals surface area contributed by atoms with Gasteiger partial charge in [-0.05, 0) is 31.4 Å². The van der Waals surface area contributed by atoms with Crippen LogP contribution in [0, 0.1) is 17.0 Å². The second-order valence-corrected chi connectivity index (χ2v) is 8.16. The van der Waals surface area contributed by atoms with Crippen molar-refractivity contribution in [1.29, 1.82) is 0 Å². The van der Waals surface area contributed by atoms with E-state index in [9.17, 15) is 19.7 Å². The number of nitro benzene ring substituents is 1. The van der Waals surface area contributed by atoms with Crippen molar-refractivity contribution < 1.29 is 18.9 Å². The minimum atomic E-state index is -0.557. The van der Waals surface area contributed by atoms with Gasteiger partial charge in [0, 0.05) is 48.8 Å². The minimum Gasteiger partial charge on any atom is -0.455 e. The van der Waals surface area contributed by atoms with Crippen LogP contribution in [-0.2, 0) is 13.0 Å². The van der Waals surface area contributed by atoms with Crippen LogP contribution in [0.25, 0.3) is 0 Å². The number of benzene rings is 2. The van der Waals surface area contributed by atoms with Gasteiger partial charge in [0.05, 0.1) is 10.6 Å². The van der Waals surface area contributed by atoms with Crippen molar-refractivity contribution in [2.45, 2.75) is 32.7 Å². The van der Waals surface area contributed by atoms with Gasteiger partial charge in [0.15, 0.2) is 5.76 Å². The first-order valence-electron chi connectivity index (χ1n) is 10.9. The quantitative estimate of drug-likeness (QED) is 0.436. The largest absolute Gasteiger partial charge is 0.455 e. The molecule has 1 heterocycles. The van der Waals surface area contributed by atoms with Gasteiger partial charge in [-0.25, -0.2) is 5.43 Å². The fourth-order valence-corrected chi connectivity index (χ4v) is 4.03. The van der Waals surface area contributed by atoms with Gasteiger partial charge >= 0.3 is 0 Å². The lowest BCUT2D eigenvalue weighted by atomic mass is 9.93. The number of fused-ring (bicyclic) bond motifs is 1. The number of carbonyl (C=O) groups is 2. The lowest BCUT2D eigenvalue weighted by molar-refractivity contribution is -0.384. The SMILES string of the molecule is Cc1c(C(=O)N(C)Cc2ccccc2)oc2c1/C(=N/NC(=O)c1cccc([N+](=O)[O-])c1)CCC2. The molecule has 34 heavy (non-hydrogen) atoms. The van der Waals surface area contributed by atoms with Crippen LogP contribution in [0.5, 0.6) is 0 Å². The number of hydrogen-bond acceptors (Lipinski definition) is 6. The molecule has 0 atom stereocenters. The molecule has 1 aromatic heterocycles. The van der Waals surface area contributed by atoms with Crippen molar-refractivity contribution in [1.82, 2.24) is 10.3 Å². The topological polar surface area (TPSA) is 118 Å². The number of nitrogens with zero attached hydrogens (tertiary/aromatic N) is 3. The van der Waals surface area contributed by atoms with Crippen LogP contribution >= 0.6 is 0 Å². The number of rotatable bonds is 6. The predicted molar refractivity (Wildman–Crippen MR) is 126 cm³/mol. The molecule has 3 aromatic rings. The van der Waals surface area contributed by atoms with Gasteiger partial charge in [0.25, 0.3) is 17.5 Å². The molecule has 1 aliphatic carbocycles. The summed E-state index contributed by atoms with van der Waals surface area (Å²) in [5.41, 5.74) is 5.50. The third-order valence-corrected chi connectivity index (χ3v) is 5.74.